The predicted octanol–water partition coefficient (Wildman–Crippen LogP) is 6.04. The van der Waals surface area contributed by atoms with Gasteiger partial charge >= 0.3 is 0 Å². The molecule has 0 aliphatic heterocycles. The molecule has 0 atom stereocenters. The van der Waals surface area contributed by atoms with Crippen LogP contribution in [0.3, 0.4) is 0 Å². The summed E-state index contributed by atoms with van der Waals surface area (Å²) >= 11 is 1.40. The van der Waals surface area contributed by atoms with Crippen LogP contribution in [0.15, 0.2) is 106 Å². The van der Waals surface area contributed by atoms with E-state index in [1.807, 2.05) is 50.2 Å². The van der Waals surface area contributed by atoms with Gasteiger partial charge < -0.3 is 20.4 Å². The highest BCUT2D eigenvalue weighted by Gasteiger charge is 2.16. The van der Waals surface area contributed by atoms with Crippen LogP contribution in [-0.4, -0.2) is 23.5 Å². The van der Waals surface area contributed by atoms with Crippen molar-refractivity contribution in [1.29, 1.82) is 0 Å². The molecule has 1 heterocycles. The smallest absolute Gasteiger partial charge is 0.272 e. The van der Waals surface area contributed by atoms with Gasteiger partial charge in [-0.2, -0.15) is 0 Å². The van der Waals surface area contributed by atoms with E-state index in [0.29, 0.717) is 17.0 Å². The van der Waals surface area contributed by atoms with E-state index < -0.39 is 11.8 Å². The van der Waals surface area contributed by atoms with Gasteiger partial charge in [-0.25, -0.2) is 0 Å². The van der Waals surface area contributed by atoms with E-state index in [4.69, 9.17) is 4.42 Å². The van der Waals surface area contributed by atoms with E-state index in [1.165, 1.54) is 24.1 Å². The number of aryl methyl sites for hydroxylation is 2. The van der Waals surface area contributed by atoms with Crippen molar-refractivity contribution < 1.29 is 18.8 Å². The number of benzene rings is 3. The van der Waals surface area contributed by atoms with Crippen molar-refractivity contribution in [3.05, 3.63) is 119 Å². The van der Waals surface area contributed by atoms with Crippen LogP contribution < -0.4 is 16.0 Å². The zero-order valence-corrected chi connectivity index (χ0v) is 21.8. The Morgan fingerprint density at radius 1 is 0.816 bits per heavy atom. The fourth-order valence-corrected chi connectivity index (χ4v) is 4.33. The Hall–Kier alpha value is -4.56. The summed E-state index contributed by atoms with van der Waals surface area (Å²) in [5.74, 6) is -0.328. The number of amides is 3. The lowest BCUT2D eigenvalue weighted by Crippen LogP contribution is -2.30. The minimum absolute atomic E-state index is 0.0374. The predicted molar refractivity (Wildman–Crippen MR) is 151 cm³/mol. The Kier molecular flexibility index (Phi) is 8.79. The Morgan fingerprint density at radius 2 is 1.53 bits per heavy atom. The second-order valence-corrected chi connectivity index (χ2v) is 9.52. The molecule has 3 aromatic carbocycles. The number of para-hydroxylation sites is 1. The SMILES string of the molecule is Cc1cccc(C)c1NC(=O)CSc1ccc(NC(=O)/C(=C/c2ccco2)NC(=O)c2ccccc2)cc1. The van der Waals surface area contributed by atoms with E-state index in [1.54, 1.807) is 48.5 Å². The first kappa shape index (κ1) is 26.5. The number of carbonyl (C=O) groups is 3. The van der Waals surface area contributed by atoms with Crippen molar-refractivity contribution in [2.45, 2.75) is 18.7 Å². The first-order valence-electron chi connectivity index (χ1n) is 11.9. The van der Waals surface area contributed by atoms with Crippen molar-refractivity contribution in [1.82, 2.24) is 5.32 Å². The third-order valence-corrected chi connectivity index (χ3v) is 6.60. The summed E-state index contributed by atoms with van der Waals surface area (Å²) in [5.41, 5.74) is 3.88. The molecule has 0 saturated heterocycles. The third-order valence-electron chi connectivity index (χ3n) is 5.59. The monoisotopic (exact) mass is 525 g/mol. The van der Waals surface area contributed by atoms with Gasteiger partial charge in [-0.15, -0.1) is 11.8 Å². The number of nitrogens with one attached hydrogen (secondary N) is 3. The number of hydrogen-bond acceptors (Lipinski definition) is 5. The maximum absolute atomic E-state index is 13.0. The van der Waals surface area contributed by atoms with Crippen LogP contribution in [0.5, 0.6) is 0 Å². The minimum atomic E-state index is -0.501. The molecule has 0 spiro atoms. The van der Waals surface area contributed by atoms with Crippen molar-refractivity contribution >= 4 is 46.9 Å². The molecular weight excluding hydrogens is 498 g/mol. The maximum Gasteiger partial charge on any atom is 0.272 e. The van der Waals surface area contributed by atoms with E-state index in [0.717, 1.165) is 21.7 Å². The summed E-state index contributed by atoms with van der Waals surface area (Å²) in [6.07, 6.45) is 2.95. The van der Waals surface area contributed by atoms with Gasteiger partial charge in [0, 0.05) is 27.9 Å². The molecule has 0 aliphatic rings. The first-order valence-corrected chi connectivity index (χ1v) is 12.9. The highest BCUT2D eigenvalue weighted by Crippen LogP contribution is 2.23. The average molecular weight is 526 g/mol. The first-order chi connectivity index (χ1) is 18.4. The van der Waals surface area contributed by atoms with Crippen molar-refractivity contribution in [3.63, 3.8) is 0 Å². The molecule has 7 nitrogen and oxygen atoms in total. The van der Waals surface area contributed by atoms with E-state index in [2.05, 4.69) is 16.0 Å². The van der Waals surface area contributed by atoms with Gasteiger partial charge in [-0.3, -0.25) is 14.4 Å². The molecule has 0 fully saturated rings. The van der Waals surface area contributed by atoms with Crippen LogP contribution >= 0.6 is 11.8 Å². The molecule has 0 aliphatic carbocycles. The lowest BCUT2D eigenvalue weighted by Gasteiger charge is -2.12. The molecule has 8 heteroatoms. The summed E-state index contributed by atoms with van der Waals surface area (Å²) in [6.45, 7) is 3.93. The number of hydrogen-bond donors (Lipinski definition) is 3. The van der Waals surface area contributed by atoms with Gasteiger partial charge in [-0.1, -0.05) is 36.4 Å². The molecule has 4 aromatic rings. The van der Waals surface area contributed by atoms with E-state index in [-0.39, 0.29) is 17.4 Å². The molecule has 0 bridgehead atoms. The maximum atomic E-state index is 13.0. The van der Waals surface area contributed by atoms with E-state index >= 15 is 0 Å². The molecule has 38 heavy (non-hydrogen) atoms. The van der Waals surface area contributed by atoms with Gasteiger partial charge in [0.2, 0.25) is 5.91 Å². The number of anilines is 2. The van der Waals surface area contributed by atoms with Gasteiger partial charge in [0.05, 0.1) is 12.0 Å². The molecular formula is C30H27N3O4S. The lowest BCUT2D eigenvalue weighted by molar-refractivity contribution is -0.114. The molecule has 0 radical (unpaired) electrons. The molecule has 3 amide bonds. The van der Waals surface area contributed by atoms with Gasteiger partial charge in [-0.05, 0) is 73.5 Å². The fraction of sp³-hybridized carbons (Fsp3) is 0.100. The summed E-state index contributed by atoms with van der Waals surface area (Å²) in [5, 5.41) is 8.44. The molecule has 3 N–H and O–H groups in total. The molecule has 0 saturated carbocycles. The summed E-state index contributed by atoms with van der Waals surface area (Å²) in [4.78, 5) is 39.0. The van der Waals surface area contributed by atoms with Crippen LogP contribution in [0.25, 0.3) is 6.08 Å². The average Bonchev–Trinajstić information content (AvgIpc) is 3.44. The van der Waals surface area contributed by atoms with E-state index in [9.17, 15) is 14.4 Å². The molecule has 192 valence electrons. The standard InChI is InChI=1S/C30H27N3O4S/c1-20-8-6-9-21(2)28(20)33-27(34)19-38-25-15-13-23(14-16-25)31-30(36)26(18-24-12-7-17-37-24)32-29(35)22-10-4-3-5-11-22/h3-18H,19H2,1-2H3,(H,31,36)(H,32,35)(H,33,34)/b26-18-. The summed E-state index contributed by atoms with van der Waals surface area (Å²) in [7, 11) is 0. The minimum Gasteiger partial charge on any atom is -0.465 e. The number of rotatable bonds is 9. The Balaban J connectivity index is 1.37. The second kappa shape index (κ2) is 12.6. The Morgan fingerprint density at radius 3 is 2.18 bits per heavy atom. The Bertz CT molecular complexity index is 1430. The Labute approximate surface area is 225 Å². The van der Waals surface area contributed by atoms with Crippen molar-refractivity contribution in [3.8, 4) is 0 Å². The normalized spacial score (nSPS) is 11.1. The summed E-state index contributed by atoms with van der Waals surface area (Å²) < 4.78 is 5.32. The van der Waals surface area contributed by atoms with Crippen LogP contribution in [0, 0.1) is 13.8 Å². The lowest BCUT2D eigenvalue weighted by atomic mass is 10.1. The molecule has 1 aromatic heterocycles. The van der Waals surface area contributed by atoms with Crippen LogP contribution in [0.2, 0.25) is 0 Å². The van der Waals surface area contributed by atoms with Crippen molar-refractivity contribution in [2.24, 2.45) is 0 Å². The third kappa shape index (κ3) is 7.24. The zero-order valence-electron chi connectivity index (χ0n) is 21.0. The quantitative estimate of drug-likeness (QED) is 0.183. The fourth-order valence-electron chi connectivity index (χ4n) is 3.63. The largest absolute Gasteiger partial charge is 0.465 e. The number of furan rings is 1. The zero-order chi connectivity index (χ0) is 26.9. The number of thioether (sulfide) groups is 1. The highest BCUT2D eigenvalue weighted by molar-refractivity contribution is 8.00. The number of carbonyl (C=O) groups excluding carboxylic acids is 3. The second-order valence-electron chi connectivity index (χ2n) is 8.48. The molecule has 0 unspecified atom stereocenters. The van der Waals surface area contributed by atoms with Gasteiger partial charge in [0.25, 0.3) is 11.8 Å². The topological polar surface area (TPSA) is 100 Å². The summed E-state index contributed by atoms with van der Waals surface area (Å²) in [6, 6.07) is 25.0. The van der Waals surface area contributed by atoms with Crippen LogP contribution in [0.4, 0.5) is 11.4 Å². The van der Waals surface area contributed by atoms with Crippen LogP contribution in [0.1, 0.15) is 27.2 Å². The van der Waals surface area contributed by atoms with Crippen LogP contribution in [-0.2, 0) is 9.59 Å². The highest BCUT2D eigenvalue weighted by atomic mass is 32.2. The van der Waals surface area contributed by atoms with Gasteiger partial charge in [0.15, 0.2) is 0 Å². The van der Waals surface area contributed by atoms with Crippen molar-refractivity contribution in [2.75, 3.05) is 16.4 Å². The molecule has 4 rings (SSSR count). The van der Waals surface area contributed by atoms with Gasteiger partial charge in [0.1, 0.15) is 11.5 Å².